The molecule has 0 saturated heterocycles. The number of nitrogens with one attached hydrogen (secondary N) is 2. The zero-order valence-corrected chi connectivity index (χ0v) is 11.8. The number of nitrogens with zero attached hydrogens (tertiary/aromatic N) is 2. The Morgan fingerprint density at radius 2 is 2.14 bits per heavy atom. The average Bonchev–Trinajstić information content (AvgIpc) is 2.92. The zero-order chi connectivity index (χ0) is 15.1. The third kappa shape index (κ3) is 4.20. The van der Waals surface area contributed by atoms with Gasteiger partial charge >= 0.3 is 6.09 Å². The Morgan fingerprint density at radius 3 is 2.95 bits per heavy atom. The maximum atomic E-state index is 11.3. The van der Waals surface area contributed by atoms with Gasteiger partial charge in [-0.05, 0) is 18.6 Å². The van der Waals surface area contributed by atoms with Gasteiger partial charge in [-0.25, -0.2) is 9.78 Å². The Balaban J connectivity index is 1.70. The topological polar surface area (TPSA) is 85.2 Å². The maximum absolute atomic E-state index is 11.3. The van der Waals surface area contributed by atoms with Crippen LogP contribution in [0.4, 0.5) is 4.79 Å². The Morgan fingerprint density at radius 1 is 1.33 bits per heavy atom. The molecule has 2 aromatic rings. The number of imidazole rings is 1. The third-order valence-electron chi connectivity index (χ3n) is 2.99. The number of carbonyl (C=O) groups is 2. The minimum atomic E-state index is -0.589. The lowest BCUT2D eigenvalue weighted by Gasteiger charge is -2.07. The van der Waals surface area contributed by atoms with Crippen LogP contribution in [0.1, 0.15) is 6.42 Å². The zero-order valence-electron chi connectivity index (χ0n) is 11.8. The molecule has 0 unspecified atom stereocenters. The van der Waals surface area contributed by atoms with E-state index >= 15 is 0 Å². The molecule has 1 aromatic carbocycles. The van der Waals surface area contributed by atoms with Crippen molar-refractivity contribution in [1.82, 2.24) is 20.2 Å². The number of amides is 2. The molecule has 0 aliphatic rings. The predicted molar refractivity (Wildman–Crippen MR) is 77.8 cm³/mol. The summed E-state index contributed by atoms with van der Waals surface area (Å²) >= 11 is 0. The molecule has 0 saturated carbocycles. The normalized spacial score (nSPS) is 10.3. The number of aryl methyl sites for hydroxylation is 1. The Labute approximate surface area is 122 Å². The van der Waals surface area contributed by atoms with Crippen LogP contribution in [0, 0.1) is 0 Å². The van der Waals surface area contributed by atoms with Gasteiger partial charge in [0, 0.05) is 20.1 Å². The van der Waals surface area contributed by atoms with Crippen LogP contribution in [-0.2, 0) is 16.1 Å². The first-order chi connectivity index (χ1) is 10.2. The van der Waals surface area contributed by atoms with E-state index in [1.165, 1.54) is 7.05 Å². The highest BCUT2D eigenvalue weighted by molar-refractivity contribution is 5.79. The summed E-state index contributed by atoms with van der Waals surface area (Å²) in [6, 6.07) is 7.88. The standard InChI is InChI=1S/C14H18N4O3/c1-15-13(19)9-21-14(20)16-7-4-8-18-10-17-11-5-2-3-6-12(11)18/h2-3,5-6,10H,4,7-9H2,1H3,(H,15,19)(H,16,20). The van der Waals surface area contributed by atoms with Gasteiger partial charge in [-0.2, -0.15) is 0 Å². The van der Waals surface area contributed by atoms with E-state index in [1.54, 1.807) is 6.33 Å². The molecule has 1 aromatic heterocycles. The molecule has 0 atom stereocenters. The van der Waals surface area contributed by atoms with E-state index in [1.807, 2.05) is 28.8 Å². The summed E-state index contributed by atoms with van der Waals surface area (Å²) in [6.07, 6.45) is 1.94. The average molecular weight is 290 g/mol. The molecule has 21 heavy (non-hydrogen) atoms. The fourth-order valence-electron chi connectivity index (χ4n) is 1.88. The second-order valence-corrected chi connectivity index (χ2v) is 4.46. The van der Waals surface area contributed by atoms with E-state index in [0.29, 0.717) is 6.54 Å². The van der Waals surface area contributed by atoms with Crippen molar-refractivity contribution < 1.29 is 14.3 Å². The van der Waals surface area contributed by atoms with Crippen molar-refractivity contribution in [3.8, 4) is 0 Å². The van der Waals surface area contributed by atoms with Crippen LogP contribution in [0.25, 0.3) is 11.0 Å². The summed E-state index contributed by atoms with van der Waals surface area (Å²) in [7, 11) is 1.49. The van der Waals surface area contributed by atoms with Crippen molar-refractivity contribution in [2.24, 2.45) is 0 Å². The van der Waals surface area contributed by atoms with Crippen molar-refractivity contribution in [1.29, 1.82) is 0 Å². The number of para-hydroxylation sites is 2. The van der Waals surface area contributed by atoms with Gasteiger partial charge in [0.15, 0.2) is 6.61 Å². The molecule has 112 valence electrons. The lowest BCUT2D eigenvalue weighted by Crippen LogP contribution is -2.31. The summed E-state index contributed by atoms with van der Waals surface area (Å²) in [5.74, 6) is -0.338. The lowest BCUT2D eigenvalue weighted by molar-refractivity contribution is -0.123. The second-order valence-electron chi connectivity index (χ2n) is 4.46. The number of benzene rings is 1. The summed E-state index contributed by atoms with van der Waals surface area (Å²) in [6.45, 7) is 0.948. The van der Waals surface area contributed by atoms with Crippen LogP contribution in [0.2, 0.25) is 0 Å². The molecule has 7 nitrogen and oxygen atoms in total. The molecule has 0 radical (unpaired) electrons. The number of hydrogen-bond donors (Lipinski definition) is 2. The predicted octanol–water partition coefficient (Wildman–Crippen LogP) is 0.899. The summed E-state index contributed by atoms with van der Waals surface area (Å²) in [4.78, 5) is 26.5. The van der Waals surface area contributed by atoms with Gasteiger partial charge in [-0.1, -0.05) is 12.1 Å². The van der Waals surface area contributed by atoms with Gasteiger partial charge < -0.3 is 19.9 Å². The van der Waals surface area contributed by atoms with Gasteiger partial charge in [0.25, 0.3) is 5.91 Å². The third-order valence-corrected chi connectivity index (χ3v) is 2.99. The van der Waals surface area contributed by atoms with Crippen LogP contribution >= 0.6 is 0 Å². The molecular weight excluding hydrogens is 272 g/mol. The second kappa shape index (κ2) is 7.28. The van der Waals surface area contributed by atoms with Crippen LogP contribution in [-0.4, -0.2) is 41.8 Å². The maximum Gasteiger partial charge on any atom is 0.407 e. The van der Waals surface area contributed by atoms with E-state index in [9.17, 15) is 9.59 Å². The number of rotatable bonds is 6. The molecule has 2 rings (SSSR count). The molecular formula is C14H18N4O3. The first-order valence-electron chi connectivity index (χ1n) is 6.72. The SMILES string of the molecule is CNC(=O)COC(=O)NCCCn1cnc2ccccc21. The quantitative estimate of drug-likeness (QED) is 0.774. The number of ether oxygens (including phenoxy) is 1. The highest BCUT2D eigenvalue weighted by Gasteiger charge is 2.05. The van der Waals surface area contributed by atoms with Crippen molar-refractivity contribution in [3.63, 3.8) is 0 Å². The summed E-state index contributed by atoms with van der Waals surface area (Å²) < 4.78 is 6.76. The summed E-state index contributed by atoms with van der Waals surface area (Å²) in [5, 5.41) is 4.97. The highest BCUT2D eigenvalue weighted by atomic mass is 16.6. The molecule has 0 aliphatic heterocycles. The van der Waals surface area contributed by atoms with Crippen molar-refractivity contribution in [2.75, 3.05) is 20.2 Å². The molecule has 0 bridgehead atoms. The molecule has 0 aliphatic carbocycles. The van der Waals surface area contributed by atoms with E-state index in [2.05, 4.69) is 15.6 Å². The minimum Gasteiger partial charge on any atom is -0.439 e. The lowest BCUT2D eigenvalue weighted by atomic mass is 10.3. The Bertz CT molecular complexity index is 623. The smallest absolute Gasteiger partial charge is 0.407 e. The number of hydrogen-bond acceptors (Lipinski definition) is 4. The van der Waals surface area contributed by atoms with Crippen molar-refractivity contribution in [2.45, 2.75) is 13.0 Å². The monoisotopic (exact) mass is 290 g/mol. The highest BCUT2D eigenvalue weighted by Crippen LogP contribution is 2.11. The molecule has 0 fully saturated rings. The van der Waals surface area contributed by atoms with Crippen LogP contribution in [0.5, 0.6) is 0 Å². The molecule has 0 spiro atoms. The van der Waals surface area contributed by atoms with Gasteiger partial charge in [0.2, 0.25) is 0 Å². The molecule has 7 heteroatoms. The molecule has 2 N–H and O–H groups in total. The minimum absolute atomic E-state index is 0.269. The molecule has 1 heterocycles. The number of alkyl carbamates (subject to hydrolysis) is 1. The van der Waals surface area contributed by atoms with E-state index in [-0.39, 0.29) is 12.5 Å². The Hall–Kier alpha value is -2.57. The van der Waals surface area contributed by atoms with Gasteiger partial charge in [0.1, 0.15) is 0 Å². The number of carbonyl (C=O) groups excluding carboxylic acids is 2. The van der Waals surface area contributed by atoms with Crippen molar-refractivity contribution in [3.05, 3.63) is 30.6 Å². The Kier molecular flexibility index (Phi) is 5.14. The van der Waals surface area contributed by atoms with Gasteiger partial charge in [-0.3, -0.25) is 4.79 Å². The number of likely N-dealkylation sites (N-methyl/N-ethyl adjacent to an activating group) is 1. The van der Waals surface area contributed by atoms with Crippen molar-refractivity contribution >= 4 is 23.0 Å². The molecule has 2 amide bonds. The fourth-order valence-corrected chi connectivity index (χ4v) is 1.88. The van der Waals surface area contributed by atoms with Crippen LogP contribution in [0.15, 0.2) is 30.6 Å². The summed E-state index contributed by atoms with van der Waals surface area (Å²) in [5.41, 5.74) is 2.02. The van der Waals surface area contributed by atoms with E-state index in [4.69, 9.17) is 4.74 Å². The van der Waals surface area contributed by atoms with E-state index < -0.39 is 6.09 Å². The first kappa shape index (κ1) is 14.8. The van der Waals surface area contributed by atoms with Gasteiger partial charge in [-0.15, -0.1) is 0 Å². The first-order valence-corrected chi connectivity index (χ1v) is 6.72. The number of fused-ring (bicyclic) bond motifs is 1. The fraction of sp³-hybridized carbons (Fsp3) is 0.357. The van der Waals surface area contributed by atoms with E-state index in [0.717, 1.165) is 24.0 Å². The number of aromatic nitrogens is 2. The largest absolute Gasteiger partial charge is 0.439 e. The van der Waals surface area contributed by atoms with Gasteiger partial charge in [0.05, 0.1) is 17.4 Å². The van der Waals surface area contributed by atoms with Crippen LogP contribution < -0.4 is 10.6 Å². The van der Waals surface area contributed by atoms with Crippen LogP contribution in [0.3, 0.4) is 0 Å².